The highest BCUT2D eigenvalue weighted by Gasteiger charge is 2.16. The Balaban J connectivity index is 2.05. The molecule has 1 aromatic rings. The zero-order valence-electron chi connectivity index (χ0n) is 11.4. The quantitative estimate of drug-likeness (QED) is 0.908. The fraction of sp³-hybridized carbons (Fsp3) is 0.533. The number of carboxylic acids is 1. The number of carbonyl (C=O) groups is 1. The zero-order valence-corrected chi connectivity index (χ0v) is 11.4. The lowest BCUT2D eigenvalue weighted by atomic mass is 10.0. The minimum atomic E-state index is -0.901. The summed E-state index contributed by atoms with van der Waals surface area (Å²) in [6, 6.07) is 3.32. The molecule has 1 aliphatic rings. The van der Waals surface area contributed by atoms with E-state index >= 15 is 0 Å². The molecule has 4 heteroatoms. The van der Waals surface area contributed by atoms with E-state index in [2.05, 4.69) is 0 Å². The average Bonchev–Trinajstić information content (AvgIpc) is 2.38. The summed E-state index contributed by atoms with van der Waals surface area (Å²) < 4.78 is 11.2. The number of rotatable bonds is 4. The molecule has 0 atom stereocenters. The Hall–Kier alpha value is -1.55. The summed E-state index contributed by atoms with van der Waals surface area (Å²) in [4.78, 5) is 11.0. The topological polar surface area (TPSA) is 55.8 Å². The van der Waals surface area contributed by atoms with Crippen LogP contribution in [0, 0.1) is 19.8 Å². The van der Waals surface area contributed by atoms with Crippen molar-refractivity contribution >= 4 is 5.97 Å². The predicted octanol–water partition coefficient (Wildman–Crippen LogP) is 2.81. The van der Waals surface area contributed by atoms with Gasteiger partial charge in [-0.1, -0.05) is 0 Å². The first-order chi connectivity index (χ1) is 9.08. The molecule has 1 fully saturated rings. The van der Waals surface area contributed by atoms with Crippen molar-refractivity contribution in [1.82, 2.24) is 0 Å². The van der Waals surface area contributed by atoms with Crippen LogP contribution in [-0.4, -0.2) is 30.9 Å². The van der Waals surface area contributed by atoms with Crippen LogP contribution in [-0.2, 0) is 4.74 Å². The summed E-state index contributed by atoms with van der Waals surface area (Å²) in [5.74, 6) is 0.449. The van der Waals surface area contributed by atoms with Gasteiger partial charge in [0.05, 0.1) is 12.2 Å². The highest BCUT2D eigenvalue weighted by Crippen LogP contribution is 2.26. The molecule has 1 aliphatic heterocycles. The second-order valence-electron chi connectivity index (χ2n) is 5.11. The summed E-state index contributed by atoms with van der Waals surface area (Å²) in [5, 5.41) is 9.00. The number of carboxylic acid groups (broad SMARTS) is 1. The maximum absolute atomic E-state index is 11.0. The van der Waals surface area contributed by atoms with E-state index in [1.54, 1.807) is 12.1 Å². The molecule has 1 N–H and O–H groups in total. The molecule has 2 rings (SSSR count). The molecule has 104 valence electrons. The second-order valence-corrected chi connectivity index (χ2v) is 5.11. The predicted molar refractivity (Wildman–Crippen MR) is 71.9 cm³/mol. The van der Waals surface area contributed by atoms with Crippen molar-refractivity contribution in [2.24, 2.45) is 5.92 Å². The first-order valence-corrected chi connectivity index (χ1v) is 6.63. The second kappa shape index (κ2) is 6.06. The van der Waals surface area contributed by atoms with Gasteiger partial charge in [0.1, 0.15) is 5.75 Å². The van der Waals surface area contributed by atoms with Gasteiger partial charge in [-0.05, 0) is 55.9 Å². The number of benzene rings is 1. The lowest BCUT2D eigenvalue weighted by Gasteiger charge is -2.23. The third-order valence-electron chi connectivity index (χ3n) is 3.51. The van der Waals surface area contributed by atoms with Crippen LogP contribution in [0.25, 0.3) is 0 Å². The van der Waals surface area contributed by atoms with E-state index in [9.17, 15) is 4.79 Å². The van der Waals surface area contributed by atoms with E-state index < -0.39 is 5.97 Å². The molecule has 0 aliphatic carbocycles. The number of aromatic carboxylic acids is 1. The third kappa shape index (κ3) is 3.47. The van der Waals surface area contributed by atoms with Gasteiger partial charge in [-0.3, -0.25) is 0 Å². The van der Waals surface area contributed by atoms with Crippen molar-refractivity contribution in [3.8, 4) is 5.75 Å². The van der Waals surface area contributed by atoms with E-state index in [0.29, 0.717) is 18.1 Å². The Kier molecular flexibility index (Phi) is 4.43. The molecular weight excluding hydrogens is 244 g/mol. The summed E-state index contributed by atoms with van der Waals surface area (Å²) in [6.45, 7) is 6.07. The molecule has 4 nitrogen and oxygen atoms in total. The molecule has 0 unspecified atom stereocenters. The highest BCUT2D eigenvalue weighted by atomic mass is 16.5. The van der Waals surface area contributed by atoms with Crippen molar-refractivity contribution < 1.29 is 19.4 Å². The van der Waals surface area contributed by atoms with Crippen LogP contribution in [0.4, 0.5) is 0 Å². The number of ether oxygens (including phenoxy) is 2. The molecule has 0 radical (unpaired) electrons. The number of aryl methyl sites for hydroxylation is 2. The summed E-state index contributed by atoms with van der Waals surface area (Å²) in [6.07, 6.45) is 2.07. The van der Waals surface area contributed by atoms with E-state index in [0.717, 1.165) is 42.9 Å². The van der Waals surface area contributed by atoms with Gasteiger partial charge in [0, 0.05) is 13.2 Å². The lowest BCUT2D eigenvalue weighted by molar-refractivity contribution is 0.0495. The van der Waals surface area contributed by atoms with Crippen LogP contribution in [0.3, 0.4) is 0 Å². The molecule has 0 amide bonds. The van der Waals surface area contributed by atoms with Crippen molar-refractivity contribution in [3.63, 3.8) is 0 Å². The number of hydrogen-bond donors (Lipinski definition) is 1. The molecular formula is C15H20O4. The standard InChI is InChI=1S/C15H20O4/c1-10-7-13(15(16)17)8-11(2)14(10)19-9-12-3-5-18-6-4-12/h7-8,12H,3-6,9H2,1-2H3,(H,16,17). The smallest absolute Gasteiger partial charge is 0.335 e. The van der Waals surface area contributed by atoms with Crippen molar-refractivity contribution in [3.05, 3.63) is 28.8 Å². The first kappa shape index (κ1) is 13.9. The summed E-state index contributed by atoms with van der Waals surface area (Å²) >= 11 is 0. The van der Waals surface area contributed by atoms with Crippen LogP contribution in [0.2, 0.25) is 0 Å². The molecule has 0 aromatic heterocycles. The van der Waals surface area contributed by atoms with Gasteiger partial charge in [-0.15, -0.1) is 0 Å². The molecule has 0 bridgehead atoms. The number of hydrogen-bond acceptors (Lipinski definition) is 3. The maximum Gasteiger partial charge on any atom is 0.335 e. The molecule has 0 spiro atoms. The fourth-order valence-electron chi connectivity index (χ4n) is 2.42. The fourth-order valence-corrected chi connectivity index (χ4v) is 2.42. The van der Waals surface area contributed by atoms with Crippen molar-refractivity contribution in [1.29, 1.82) is 0 Å². The maximum atomic E-state index is 11.0. The molecule has 1 saturated heterocycles. The molecule has 0 saturated carbocycles. The summed E-state index contributed by atoms with van der Waals surface area (Å²) in [7, 11) is 0. The van der Waals surface area contributed by atoms with Crippen molar-refractivity contribution in [2.45, 2.75) is 26.7 Å². The average molecular weight is 264 g/mol. The van der Waals surface area contributed by atoms with Crippen LogP contribution in [0.1, 0.15) is 34.3 Å². The highest BCUT2D eigenvalue weighted by molar-refractivity contribution is 5.88. The Morgan fingerprint density at radius 2 is 1.89 bits per heavy atom. The van der Waals surface area contributed by atoms with Gasteiger partial charge in [-0.2, -0.15) is 0 Å². The van der Waals surface area contributed by atoms with Crippen LogP contribution < -0.4 is 4.74 Å². The molecule has 1 heterocycles. The van der Waals surface area contributed by atoms with Crippen molar-refractivity contribution in [2.75, 3.05) is 19.8 Å². The lowest BCUT2D eigenvalue weighted by Crippen LogP contribution is -2.21. The van der Waals surface area contributed by atoms with Crippen LogP contribution in [0.5, 0.6) is 5.75 Å². The largest absolute Gasteiger partial charge is 0.493 e. The van der Waals surface area contributed by atoms with Gasteiger partial charge in [0.25, 0.3) is 0 Å². The van der Waals surface area contributed by atoms with E-state index in [-0.39, 0.29) is 0 Å². The Labute approximate surface area is 113 Å². The van der Waals surface area contributed by atoms with Gasteiger partial charge >= 0.3 is 5.97 Å². The van der Waals surface area contributed by atoms with Gasteiger partial charge in [0.15, 0.2) is 0 Å². The molecule has 1 aromatic carbocycles. The summed E-state index contributed by atoms with van der Waals surface area (Å²) in [5.41, 5.74) is 2.07. The van der Waals surface area contributed by atoms with Crippen LogP contribution in [0.15, 0.2) is 12.1 Å². The van der Waals surface area contributed by atoms with Gasteiger partial charge < -0.3 is 14.6 Å². The Morgan fingerprint density at radius 1 is 1.32 bits per heavy atom. The minimum Gasteiger partial charge on any atom is -0.493 e. The van der Waals surface area contributed by atoms with E-state index in [4.69, 9.17) is 14.6 Å². The van der Waals surface area contributed by atoms with Crippen LogP contribution >= 0.6 is 0 Å². The first-order valence-electron chi connectivity index (χ1n) is 6.63. The monoisotopic (exact) mass is 264 g/mol. The molecule has 19 heavy (non-hydrogen) atoms. The zero-order chi connectivity index (χ0) is 13.8. The Morgan fingerprint density at radius 3 is 2.42 bits per heavy atom. The SMILES string of the molecule is Cc1cc(C(=O)O)cc(C)c1OCC1CCOCC1. The van der Waals surface area contributed by atoms with E-state index in [1.807, 2.05) is 13.8 Å². The Bertz CT molecular complexity index is 438. The van der Waals surface area contributed by atoms with Gasteiger partial charge in [0.2, 0.25) is 0 Å². The van der Waals surface area contributed by atoms with E-state index in [1.165, 1.54) is 0 Å². The third-order valence-corrected chi connectivity index (χ3v) is 3.51. The minimum absolute atomic E-state index is 0.313. The van der Waals surface area contributed by atoms with Gasteiger partial charge in [-0.25, -0.2) is 4.79 Å². The normalized spacial score (nSPS) is 16.3.